The van der Waals surface area contributed by atoms with E-state index in [9.17, 15) is 0 Å². The van der Waals surface area contributed by atoms with E-state index in [0.717, 1.165) is 16.9 Å². The third-order valence-electron chi connectivity index (χ3n) is 3.20. The molecule has 1 heterocycles. The maximum Gasteiger partial charge on any atom is 0.144 e. The van der Waals surface area contributed by atoms with E-state index in [-0.39, 0.29) is 6.04 Å². The van der Waals surface area contributed by atoms with E-state index in [1.54, 1.807) is 13.3 Å². The summed E-state index contributed by atoms with van der Waals surface area (Å²) in [7, 11) is 1.67. The summed E-state index contributed by atoms with van der Waals surface area (Å²) in [6, 6.07) is 13.9. The van der Waals surface area contributed by atoms with Gasteiger partial charge in [0.15, 0.2) is 0 Å². The third-order valence-corrected chi connectivity index (χ3v) is 3.20. The number of hydrogen-bond donors (Lipinski definition) is 1. The second-order valence-corrected chi connectivity index (χ2v) is 4.47. The van der Waals surface area contributed by atoms with Gasteiger partial charge in [-0.2, -0.15) is 5.26 Å². The molecule has 0 bridgehead atoms. The van der Waals surface area contributed by atoms with Crippen LogP contribution in [0.1, 0.15) is 29.8 Å². The molecular formula is C16H17N3O. The summed E-state index contributed by atoms with van der Waals surface area (Å²) >= 11 is 0. The van der Waals surface area contributed by atoms with Gasteiger partial charge in [-0.05, 0) is 19.1 Å². The number of nitrogens with zero attached hydrogens (tertiary/aromatic N) is 2. The van der Waals surface area contributed by atoms with Crippen LogP contribution in [0.25, 0.3) is 0 Å². The number of aromatic nitrogens is 1. The van der Waals surface area contributed by atoms with Crippen molar-refractivity contribution in [1.82, 2.24) is 10.3 Å². The predicted molar refractivity (Wildman–Crippen MR) is 77.2 cm³/mol. The van der Waals surface area contributed by atoms with Crippen molar-refractivity contribution in [2.45, 2.75) is 19.5 Å². The van der Waals surface area contributed by atoms with Crippen molar-refractivity contribution in [3.8, 4) is 11.8 Å². The summed E-state index contributed by atoms with van der Waals surface area (Å²) in [6.07, 6.45) is 1.63. The monoisotopic (exact) mass is 267 g/mol. The Balaban J connectivity index is 2.09. The Morgan fingerprint density at radius 1 is 1.30 bits per heavy atom. The molecule has 1 N–H and O–H groups in total. The number of pyridine rings is 1. The van der Waals surface area contributed by atoms with Gasteiger partial charge in [0, 0.05) is 29.9 Å². The van der Waals surface area contributed by atoms with Crippen LogP contribution < -0.4 is 10.1 Å². The second-order valence-electron chi connectivity index (χ2n) is 4.47. The van der Waals surface area contributed by atoms with Crippen molar-refractivity contribution in [3.63, 3.8) is 0 Å². The molecule has 1 aromatic heterocycles. The van der Waals surface area contributed by atoms with Crippen molar-refractivity contribution in [3.05, 3.63) is 59.4 Å². The Bertz CT molecular complexity index is 619. The lowest BCUT2D eigenvalue weighted by Crippen LogP contribution is -2.19. The third kappa shape index (κ3) is 3.14. The highest BCUT2D eigenvalue weighted by Gasteiger charge is 2.11. The summed E-state index contributed by atoms with van der Waals surface area (Å²) in [5, 5.41) is 12.4. The van der Waals surface area contributed by atoms with Gasteiger partial charge in [-0.15, -0.1) is 0 Å². The van der Waals surface area contributed by atoms with Crippen molar-refractivity contribution in [1.29, 1.82) is 5.26 Å². The maximum absolute atomic E-state index is 9.02. The van der Waals surface area contributed by atoms with Crippen LogP contribution >= 0.6 is 0 Å². The molecule has 0 saturated carbocycles. The smallest absolute Gasteiger partial charge is 0.144 e. The molecule has 0 aliphatic heterocycles. The van der Waals surface area contributed by atoms with E-state index in [1.165, 1.54) is 0 Å². The minimum absolute atomic E-state index is 0.123. The molecule has 0 aliphatic carbocycles. The predicted octanol–water partition coefficient (Wildman–Crippen LogP) is 2.81. The molecule has 4 nitrogen and oxygen atoms in total. The number of para-hydroxylation sites is 1. The number of nitrogens with one attached hydrogen (secondary N) is 1. The maximum atomic E-state index is 9.02. The van der Waals surface area contributed by atoms with E-state index in [4.69, 9.17) is 10.00 Å². The molecule has 4 heteroatoms. The summed E-state index contributed by atoms with van der Waals surface area (Å²) in [5.74, 6) is 0.860. The number of nitriles is 1. The number of benzene rings is 1. The van der Waals surface area contributed by atoms with Gasteiger partial charge in [0.2, 0.25) is 0 Å². The molecule has 1 atom stereocenters. The van der Waals surface area contributed by atoms with Crippen LogP contribution in [-0.2, 0) is 6.54 Å². The lowest BCUT2D eigenvalue weighted by atomic mass is 10.1. The quantitative estimate of drug-likeness (QED) is 0.905. The van der Waals surface area contributed by atoms with Gasteiger partial charge in [0.05, 0.1) is 7.11 Å². The van der Waals surface area contributed by atoms with E-state index < -0.39 is 0 Å². The van der Waals surface area contributed by atoms with Crippen LogP contribution in [0, 0.1) is 11.3 Å². The Kier molecular flexibility index (Phi) is 4.70. The minimum Gasteiger partial charge on any atom is -0.496 e. The fourth-order valence-corrected chi connectivity index (χ4v) is 2.08. The first-order valence-corrected chi connectivity index (χ1v) is 6.46. The van der Waals surface area contributed by atoms with Gasteiger partial charge >= 0.3 is 0 Å². The fraction of sp³-hybridized carbons (Fsp3) is 0.250. The molecule has 0 radical (unpaired) electrons. The first kappa shape index (κ1) is 14.0. The lowest BCUT2D eigenvalue weighted by Gasteiger charge is -2.17. The molecule has 0 unspecified atom stereocenters. The molecule has 2 aromatic rings. The van der Waals surface area contributed by atoms with Crippen LogP contribution in [0.4, 0.5) is 0 Å². The van der Waals surface area contributed by atoms with Gasteiger partial charge in [-0.3, -0.25) is 0 Å². The Labute approximate surface area is 119 Å². The average Bonchev–Trinajstić information content (AvgIpc) is 2.52. The van der Waals surface area contributed by atoms with Gasteiger partial charge in [0.1, 0.15) is 17.5 Å². The van der Waals surface area contributed by atoms with Crippen LogP contribution in [0.3, 0.4) is 0 Å². The molecule has 20 heavy (non-hydrogen) atoms. The first-order valence-electron chi connectivity index (χ1n) is 6.46. The molecule has 0 fully saturated rings. The zero-order chi connectivity index (χ0) is 14.4. The van der Waals surface area contributed by atoms with Gasteiger partial charge in [-0.1, -0.05) is 24.3 Å². The number of rotatable bonds is 5. The van der Waals surface area contributed by atoms with Crippen molar-refractivity contribution in [2.24, 2.45) is 0 Å². The highest BCUT2D eigenvalue weighted by atomic mass is 16.5. The summed E-state index contributed by atoms with van der Waals surface area (Å²) in [4.78, 5) is 4.06. The zero-order valence-electron chi connectivity index (χ0n) is 11.6. The Morgan fingerprint density at radius 3 is 2.85 bits per heavy atom. The molecular weight excluding hydrogens is 250 g/mol. The minimum atomic E-state index is 0.123. The second kappa shape index (κ2) is 6.69. The Hall–Kier alpha value is -2.38. The number of hydrogen-bond acceptors (Lipinski definition) is 4. The zero-order valence-corrected chi connectivity index (χ0v) is 11.6. The first-order chi connectivity index (χ1) is 9.76. The molecule has 102 valence electrons. The van der Waals surface area contributed by atoms with Gasteiger partial charge in [-0.25, -0.2) is 4.98 Å². The topological polar surface area (TPSA) is 57.9 Å². The number of ether oxygens (including phenoxy) is 1. The largest absolute Gasteiger partial charge is 0.496 e. The normalized spacial score (nSPS) is 11.7. The van der Waals surface area contributed by atoms with Crippen LogP contribution in [0.15, 0.2) is 42.6 Å². The van der Waals surface area contributed by atoms with Crippen LogP contribution in [-0.4, -0.2) is 12.1 Å². The highest BCUT2D eigenvalue weighted by molar-refractivity contribution is 5.36. The van der Waals surface area contributed by atoms with Crippen LogP contribution in [0.5, 0.6) is 5.75 Å². The van der Waals surface area contributed by atoms with Crippen LogP contribution in [0.2, 0.25) is 0 Å². The lowest BCUT2D eigenvalue weighted by molar-refractivity contribution is 0.401. The average molecular weight is 267 g/mol. The molecule has 0 aliphatic rings. The summed E-state index contributed by atoms with van der Waals surface area (Å²) in [6.45, 7) is 2.66. The Morgan fingerprint density at radius 2 is 2.10 bits per heavy atom. The van der Waals surface area contributed by atoms with E-state index in [2.05, 4.69) is 23.3 Å². The van der Waals surface area contributed by atoms with Crippen molar-refractivity contribution in [2.75, 3.05) is 7.11 Å². The van der Waals surface area contributed by atoms with Gasteiger partial charge in [0.25, 0.3) is 0 Å². The summed E-state index contributed by atoms with van der Waals surface area (Å²) < 4.78 is 5.36. The van der Waals surface area contributed by atoms with E-state index >= 15 is 0 Å². The van der Waals surface area contributed by atoms with E-state index in [0.29, 0.717) is 12.2 Å². The van der Waals surface area contributed by atoms with E-state index in [1.807, 2.05) is 36.4 Å². The highest BCUT2D eigenvalue weighted by Crippen LogP contribution is 2.24. The fourth-order valence-electron chi connectivity index (χ4n) is 2.08. The molecule has 0 amide bonds. The number of methoxy groups -OCH3 is 1. The molecule has 0 spiro atoms. The SMILES string of the molecule is COc1ccccc1[C@H](C)NCc1cccnc1C#N. The standard InChI is InChI=1S/C16H17N3O/c1-12(14-7-3-4-8-16(14)20-2)19-11-13-6-5-9-18-15(13)10-17/h3-9,12,19H,11H2,1-2H3/t12-/m0/s1. The molecule has 1 aromatic carbocycles. The molecule has 2 rings (SSSR count). The van der Waals surface area contributed by atoms with Gasteiger partial charge < -0.3 is 10.1 Å². The van der Waals surface area contributed by atoms with Crippen molar-refractivity contribution >= 4 is 0 Å². The molecule has 0 saturated heterocycles. The van der Waals surface area contributed by atoms with Crippen molar-refractivity contribution < 1.29 is 4.74 Å². The summed E-state index contributed by atoms with van der Waals surface area (Å²) in [5.41, 5.74) is 2.46.